The van der Waals surface area contributed by atoms with E-state index < -0.39 is 14.9 Å². The predicted molar refractivity (Wildman–Crippen MR) is 75.6 cm³/mol. The molecule has 1 aliphatic heterocycles. The summed E-state index contributed by atoms with van der Waals surface area (Å²) >= 11 is 0. The second-order valence-corrected chi connectivity index (χ2v) is 7.84. The van der Waals surface area contributed by atoms with Crippen LogP contribution in [0, 0.1) is 11.8 Å². The van der Waals surface area contributed by atoms with Crippen LogP contribution >= 0.6 is 0 Å². The first-order chi connectivity index (χ1) is 9.55. The topological polar surface area (TPSA) is 61.8 Å². The molecular weight excluding hydrogens is 276 g/mol. The van der Waals surface area contributed by atoms with Crippen LogP contribution in [0.3, 0.4) is 0 Å². The van der Waals surface area contributed by atoms with E-state index in [0.29, 0.717) is 12.8 Å². The molecule has 0 aromatic carbocycles. The van der Waals surface area contributed by atoms with E-state index in [-0.39, 0.29) is 23.8 Å². The minimum atomic E-state index is -0.816. The molecule has 0 radical (unpaired) electrons. The molecule has 1 saturated heterocycles. The number of hydrogen-bond acceptors (Lipinski definition) is 5. The highest BCUT2D eigenvalue weighted by Gasteiger charge is 2.46. The molecule has 0 amide bonds. The number of carbonyl (C=O) groups is 2. The zero-order valence-corrected chi connectivity index (χ0v) is 13.7. The Kier molecular flexibility index (Phi) is 4.77. The fourth-order valence-electron chi connectivity index (χ4n) is 3.12. The third kappa shape index (κ3) is 2.87. The largest absolute Gasteiger partial charge is 0.393 e. The number of carbonyl (C=O) groups excluding carboxylic acids is 2. The van der Waals surface area contributed by atoms with Gasteiger partial charge in [0.1, 0.15) is 14.9 Å². The van der Waals surface area contributed by atoms with Gasteiger partial charge >= 0.3 is 11.9 Å². The van der Waals surface area contributed by atoms with E-state index in [1.54, 1.807) is 14.2 Å². The zero-order chi connectivity index (χ0) is 14.8. The average Bonchev–Trinajstić information content (AvgIpc) is 2.73. The third-order valence-electron chi connectivity index (χ3n) is 4.31. The summed E-state index contributed by atoms with van der Waals surface area (Å²) in [5.74, 6) is -1.29. The van der Waals surface area contributed by atoms with Crippen molar-refractivity contribution in [3.8, 4) is 0 Å². The highest BCUT2D eigenvalue weighted by atomic mass is 28.2. The highest BCUT2D eigenvalue weighted by Crippen LogP contribution is 2.37. The molecule has 0 spiro atoms. The van der Waals surface area contributed by atoms with Crippen molar-refractivity contribution < 1.29 is 23.8 Å². The summed E-state index contributed by atoms with van der Waals surface area (Å²) in [5, 5.41) is 1.25. The Bertz CT molecular complexity index is 427. The van der Waals surface area contributed by atoms with Crippen molar-refractivity contribution in [1.82, 2.24) is 0 Å². The van der Waals surface area contributed by atoms with Crippen LogP contribution in [0.1, 0.15) is 32.6 Å². The summed E-state index contributed by atoms with van der Waals surface area (Å²) in [6, 6.07) is 0. The fourth-order valence-corrected chi connectivity index (χ4v) is 5.39. The van der Waals surface area contributed by atoms with E-state index in [9.17, 15) is 9.59 Å². The van der Waals surface area contributed by atoms with E-state index in [1.165, 1.54) is 5.20 Å². The van der Waals surface area contributed by atoms with Crippen LogP contribution in [0.4, 0.5) is 0 Å². The van der Waals surface area contributed by atoms with Gasteiger partial charge < -0.3 is 14.2 Å². The number of allylic oxidation sites excluding steroid dienone is 2. The number of esters is 2. The monoisotopic (exact) mass is 298 g/mol. The van der Waals surface area contributed by atoms with Gasteiger partial charge in [0.2, 0.25) is 0 Å². The molecule has 2 atom stereocenters. The normalized spacial score (nSPS) is 26.9. The summed E-state index contributed by atoms with van der Waals surface area (Å²) in [6.07, 6.45) is 5.15. The minimum absolute atomic E-state index is 0.272. The summed E-state index contributed by atoms with van der Waals surface area (Å²) < 4.78 is 15.9. The van der Waals surface area contributed by atoms with Crippen molar-refractivity contribution in [2.45, 2.75) is 38.0 Å². The van der Waals surface area contributed by atoms with Crippen molar-refractivity contribution in [2.24, 2.45) is 11.8 Å². The predicted octanol–water partition coefficient (Wildman–Crippen LogP) is 0.895. The Morgan fingerprint density at radius 3 is 2.55 bits per heavy atom. The molecule has 0 aromatic heterocycles. The molecule has 0 N–H and O–H groups in total. The van der Waals surface area contributed by atoms with Crippen molar-refractivity contribution in [3.63, 3.8) is 0 Å². The average molecular weight is 298 g/mol. The first-order valence-corrected chi connectivity index (χ1v) is 8.50. The number of methoxy groups -OCH3 is 2. The van der Waals surface area contributed by atoms with Crippen molar-refractivity contribution in [2.75, 3.05) is 14.2 Å². The minimum Gasteiger partial charge on any atom is -0.393 e. The van der Waals surface area contributed by atoms with Crippen molar-refractivity contribution in [1.29, 1.82) is 0 Å². The Hall–Kier alpha value is -0.983. The van der Waals surface area contributed by atoms with Gasteiger partial charge in [0.25, 0.3) is 0 Å². The van der Waals surface area contributed by atoms with Gasteiger partial charge in [0, 0.05) is 14.2 Å². The Morgan fingerprint density at radius 1 is 1.30 bits per heavy atom. The fraction of sp³-hybridized carbons (Fsp3) is 0.714. The number of ether oxygens (including phenoxy) is 3. The molecule has 6 heteroatoms. The molecule has 2 aliphatic rings. The maximum absolute atomic E-state index is 11.7. The summed E-state index contributed by atoms with van der Waals surface area (Å²) in [6.45, 7) is 2.10. The Balaban J connectivity index is 2.09. The van der Waals surface area contributed by atoms with Gasteiger partial charge in [-0.1, -0.05) is 24.6 Å². The first-order valence-electron chi connectivity index (χ1n) is 7.09. The second-order valence-electron chi connectivity index (χ2n) is 5.50. The molecule has 2 unspecified atom stereocenters. The molecule has 1 aliphatic carbocycles. The number of rotatable bonds is 6. The molecule has 0 aromatic rings. The van der Waals surface area contributed by atoms with Crippen molar-refractivity contribution in [3.05, 3.63) is 11.3 Å². The molecule has 112 valence electrons. The zero-order valence-electron chi connectivity index (χ0n) is 12.3. The Labute approximate surface area is 121 Å². The van der Waals surface area contributed by atoms with Gasteiger partial charge in [0.15, 0.2) is 0 Å². The molecular formula is C14H22O5Si. The molecule has 0 saturated carbocycles. The number of fused-ring (bicyclic) bond motifs is 1. The lowest BCUT2D eigenvalue weighted by atomic mass is 9.85. The van der Waals surface area contributed by atoms with Crippen molar-refractivity contribution >= 4 is 21.5 Å². The summed E-state index contributed by atoms with van der Waals surface area (Å²) in [7, 11) is 2.53. The first kappa shape index (κ1) is 15.4. The van der Waals surface area contributed by atoms with Crippen LogP contribution < -0.4 is 0 Å². The van der Waals surface area contributed by atoms with Gasteiger partial charge in [-0.25, -0.2) is 0 Å². The van der Waals surface area contributed by atoms with Gasteiger partial charge in [0.05, 0.1) is 11.8 Å². The summed E-state index contributed by atoms with van der Waals surface area (Å²) in [5.41, 5.74) is -0.500. The lowest BCUT2D eigenvalue weighted by Crippen LogP contribution is -2.42. The molecule has 5 nitrogen and oxygen atoms in total. The molecule has 2 rings (SSSR count). The van der Waals surface area contributed by atoms with Crippen LogP contribution in [0.15, 0.2) is 11.3 Å². The second kappa shape index (κ2) is 6.20. The highest BCUT2D eigenvalue weighted by molar-refractivity contribution is 6.48. The molecule has 1 heterocycles. The van der Waals surface area contributed by atoms with E-state index in [4.69, 9.17) is 14.2 Å². The van der Waals surface area contributed by atoms with Gasteiger partial charge in [-0.3, -0.25) is 9.59 Å². The lowest BCUT2D eigenvalue weighted by molar-refractivity contribution is -0.153. The molecule has 0 bridgehead atoms. The van der Waals surface area contributed by atoms with E-state index in [0.717, 1.165) is 12.8 Å². The lowest BCUT2D eigenvalue weighted by Gasteiger charge is -2.33. The third-order valence-corrected chi connectivity index (χ3v) is 6.81. The van der Waals surface area contributed by atoms with Crippen LogP contribution in [0.5, 0.6) is 0 Å². The standard InChI is InChI=1S/C14H22O5Si/c1-4-7-14(17-2,18-3)20-9-5-6-10-11(8-9)13(16)19-12(10)15/h5,10-11H,4,6-8,20H2,1-3H3. The maximum Gasteiger partial charge on any atom is 0.317 e. The van der Waals surface area contributed by atoms with Gasteiger partial charge in [-0.15, -0.1) is 0 Å². The maximum atomic E-state index is 11.7. The van der Waals surface area contributed by atoms with Crippen LogP contribution in [0.25, 0.3) is 0 Å². The van der Waals surface area contributed by atoms with E-state index in [2.05, 4.69) is 13.0 Å². The van der Waals surface area contributed by atoms with E-state index in [1.807, 2.05) is 0 Å². The van der Waals surface area contributed by atoms with Crippen LogP contribution in [-0.4, -0.2) is 41.1 Å². The van der Waals surface area contributed by atoms with Gasteiger partial charge in [-0.05, 0) is 19.3 Å². The quantitative estimate of drug-likeness (QED) is 0.315. The van der Waals surface area contributed by atoms with E-state index >= 15 is 0 Å². The van der Waals surface area contributed by atoms with Crippen LogP contribution in [-0.2, 0) is 23.8 Å². The van der Waals surface area contributed by atoms with Gasteiger partial charge in [-0.2, -0.15) is 0 Å². The molecule has 1 fully saturated rings. The Morgan fingerprint density at radius 2 is 1.95 bits per heavy atom. The van der Waals surface area contributed by atoms with Crippen LogP contribution in [0.2, 0.25) is 0 Å². The number of cyclic esters (lactones) is 2. The summed E-state index contributed by atoms with van der Waals surface area (Å²) in [4.78, 5) is 23.2. The SMILES string of the molecule is CCCC(OC)(OC)[SiH2]C1=CCC2C(=O)OC(=O)C2C1. The number of hydrogen-bond donors (Lipinski definition) is 0. The molecule has 20 heavy (non-hydrogen) atoms. The smallest absolute Gasteiger partial charge is 0.317 e.